The Morgan fingerprint density at radius 1 is 1.25 bits per heavy atom. The van der Waals surface area contributed by atoms with Gasteiger partial charge in [0.2, 0.25) is 5.91 Å². The zero-order valence-corrected chi connectivity index (χ0v) is 13.4. The van der Waals surface area contributed by atoms with E-state index in [-0.39, 0.29) is 5.91 Å². The van der Waals surface area contributed by atoms with Gasteiger partial charge in [0.1, 0.15) is 0 Å². The molecular formula is C17H25NOS. The molecule has 0 radical (unpaired) electrons. The standard InChI is InChI=1S/C17H25NOS/c1-13-8-9-14(2)16(12-13)18-17(19)10-11-20-15-6-4-3-5-7-15/h8-9,12,15H,3-7,10-11H2,1-2H3,(H,18,19). The average Bonchev–Trinajstić information content (AvgIpc) is 2.44. The molecule has 1 aromatic carbocycles. The Kier molecular flexibility index (Phi) is 5.96. The van der Waals surface area contributed by atoms with Gasteiger partial charge in [0.05, 0.1) is 0 Å². The van der Waals surface area contributed by atoms with Gasteiger partial charge in [0, 0.05) is 23.1 Å². The van der Waals surface area contributed by atoms with Crippen molar-refractivity contribution in [2.75, 3.05) is 11.1 Å². The van der Waals surface area contributed by atoms with Gasteiger partial charge in [-0.15, -0.1) is 0 Å². The van der Waals surface area contributed by atoms with Crippen LogP contribution in [-0.2, 0) is 4.79 Å². The molecule has 0 spiro atoms. The Morgan fingerprint density at radius 2 is 2.00 bits per heavy atom. The Bertz CT molecular complexity index is 452. The molecule has 0 atom stereocenters. The van der Waals surface area contributed by atoms with Crippen LogP contribution in [0.3, 0.4) is 0 Å². The second-order valence-electron chi connectivity index (χ2n) is 5.75. The maximum Gasteiger partial charge on any atom is 0.225 e. The summed E-state index contributed by atoms with van der Waals surface area (Å²) < 4.78 is 0. The fraction of sp³-hybridized carbons (Fsp3) is 0.588. The van der Waals surface area contributed by atoms with Crippen molar-refractivity contribution in [2.45, 2.75) is 57.6 Å². The lowest BCUT2D eigenvalue weighted by Gasteiger charge is -2.20. The van der Waals surface area contributed by atoms with Crippen LogP contribution in [0.5, 0.6) is 0 Å². The number of hydrogen-bond acceptors (Lipinski definition) is 2. The molecule has 1 fully saturated rings. The van der Waals surface area contributed by atoms with E-state index in [1.165, 1.54) is 37.7 Å². The topological polar surface area (TPSA) is 29.1 Å². The van der Waals surface area contributed by atoms with E-state index in [0.717, 1.165) is 22.3 Å². The number of nitrogens with one attached hydrogen (secondary N) is 1. The quantitative estimate of drug-likeness (QED) is 0.852. The summed E-state index contributed by atoms with van der Waals surface area (Å²) in [5.74, 6) is 1.09. The minimum Gasteiger partial charge on any atom is -0.326 e. The maximum atomic E-state index is 12.0. The van der Waals surface area contributed by atoms with E-state index in [2.05, 4.69) is 17.4 Å². The number of thioether (sulfide) groups is 1. The average molecular weight is 291 g/mol. The number of aryl methyl sites for hydroxylation is 2. The summed E-state index contributed by atoms with van der Waals surface area (Å²) in [6, 6.07) is 6.17. The van der Waals surface area contributed by atoms with Crippen LogP contribution in [0, 0.1) is 13.8 Å². The highest BCUT2D eigenvalue weighted by Crippen LogP contribution is 2.28. The van der Waals surface area contributed by atoms with E-state index in [4.69, 9.17) is 0 Å². The highest BCUT2D eigenvalue weighted by Gasteiger charge is 2.14. The van der Waals surface area contributed by atoms with E-state index < -0.39 is 0 Å². The lowest BCUT2D eigenvalue weighted by molar-refractivity contribution is -0.115. The van der Waals surface area contributed by atoms with Crippen LogP contribution >= 0.6 is 11.8 Å². The molecule has 0 bridgehead atoms. The van der Waals surface area contributed by atoms with E-state index >= 15 is 0 Å². The molecule has 110 valence electrons. The molecule has 20 heavy (non-hydrogen) atoms. The predicted octanol–water partition coefficient (Wildman–Crippen LogP) is 4.70. The fourth-order valence-corrected chi connectivity index (χ4v) is 3.94. The minimum atomic E-state index is 0.141. The van der Waals surface area contributed by atoms with Crippen molar-refractivity contribution in [1.29, 1.82) is 0 Å². The summed E-state index contributed by atoms with van der Waals surface area (Å²) in [6.07, 6.45) is 7.42. The largest absolute Gasteiger partial charge is 0.326 e. The number of benzene rings is 1. The molecule has 2 rings (SSSR count). The molecule has 2 nitrogen and oxygen atoms in total. The van der Waals surface area contributed by atoms with Crippen molar-refractivity contribution in [3.8, 4) is 0 Å². The normalized spacial score (nSPS) is 16.1. The van der Waals surface area contributed by atoms with E-state index in [9.17, 15) is 4.79 Å². The van der Waals surface area contributed by atoms with Crippen LogP contribution < -0.4 is 5.32 Å². The van der Waals surface area contributed by atoms with Gasteiger partial charge >= 0.3 is 0 Å². The van der Waals surface area contributed by atoms with Crippen molar-refractivity contribution in [3.63, 3.8) is 0 Å². The molecule has 1 saturated carbocycles. The first-order valence-electron chi connectivity index (χ1n) is 7.64. The third-order valence-electron chi connectivity index (χ3n) is 3.90. The molecule has 0 saturated heterocycles. The van der Waals surface area contributed by atoms with Gasteiger partial charge in [0.25, 0.3) is 0 Å². The molecule has 1 aliphatic rings. The lowest BCUT2D eigenvalue weighted by atomic mass is 10.0. The Balaban J connectivity index is 1.73. The summed E-state index contributed by atoms with van der Waals surface area (Å²) >= 11 is 1.98. The summed E-state index contributed by atoms with van der Waals surface area (Å²) in [5, 5.41) is 3.83. The first-order valence-corrected chi connectivity index (χ1v) is 8.69. The molecule has 1 N–H and O–H groups in total. The van der Waals surface area contributed by atoms with Crippen LogP contribution in [-0.4, -0.2) is 16.9 Å². The molecule has 3 heteroatoms. The minimum absolute atomic E-state index is 0.141. The molecule has 1 aliphatic carbocycles. The number of amides is 1. The van der Waals surface area contributed by atoms with Gasteiger partial charge in [-0.05, 0) is 43.9 Å². The van der Waals surface area contributed by atoms with Gasteiger partial charge in [-0.25, -0.2) is 0 Å². The highest BCUT2D eigenvalue weighted by atomic mass is 32.2. The van der Waals surface area contributed by atoms with Crippen LogP contribution in [0.2, 0.25) is 0 Å². The predicted molar refractivity (Wildman–Crippen MR) is 88.5 cm³/mol. The Labute approximate surface area is 126 Å². The third kappa shape index (κ3) is 4.86. The number of anilines is 1. The van der Waals surface area contributed by atoms with Crippen molar-refractivity contribution >= 4 is 23.4 Å². The molecule has 1 aromatic rings. The van der Waals surface area contributed by atoms with Crippen LogP contribution in [0.25, 0.3) is 0 Å². The van der Waals surface area contributed by atoms with Gasteiger partial charge < -0.3 is 5.32 Å². The number of carbonyl (C=O) groups is 1. The summed E-state index contributed by atoms with van der Waals surface area (Å²) in [4.78, 5) is 12.0. The summed E-state index contributed by atoms with van der Waals surface area (Å²) in [6.45, 7) is 4.08. The number of rotatable bonds is 5. The van der Waals surface area contributed by atoms with Gasteiger partial charge in [0.15, 0.2) is 0 Å². The molecule has 1 amide bonds. The Hall–Kier alpha value is -0.960. The second-order valence-corrected chi connectivity index (χ2v) is 7.16. The van der Waals surface area contributed by atoms with Crippen molar-refractivity contribution in [1.82, 2.24) is 0 Å². The molecule has 0 aromatic heterocycles. The van der Waals surface area contributed by atoms with Crippen molar-refractivity contribution in [2.24, 2.45) is 0 Å². The Morgan fingerprint density at radius 3 is 2.75 bits per heavy atom. The molecule has 0 aliphatic heterocycles. The van der Waals surface area contributed by atoms with E-state index in [1.54, 1.807) is 0 Å². The van der Waals surface area contributed by atoms with Crippen molar-refractivity contribution < 1.29 is 4.79 Å². The summed E-state index contributed by atoms with van der Waals surface area (Å²) in [7, 11) is 0. The monoisotopic (exact) mass is 291 g/mol. The third-order valence-corrected chi connectivity index (χ3v) is 5.28. The highest BCUT2D eigenvalue weighted by molar-refractivity contribution is 7.99. The zero-order valence-electron chi connectivity index (χ0n) is 12.6. The SMILES string of the molecule is Cc1ccc(C)c(NC(=O)CCSC2CCCCC2)c1. The lowest BCUT2D eigenvalue weighted by Crippen LogP contribution is -2.15. The molecule has 0 heterocycles. The van der Waals surface area contributed by atoms with Crippen LogP contribution in [0.4, 0.5) is 5.69 Å². The summed E-state index contributed by atoms with van der Waals surface area (Å²) in [5.41, 5.74) is 3.27. The van der Waals surface area contributed by atoms with E-state index in [1.807, 2.05) is 31.7 Å². The second kappa shape index (κ2) is 7.72. The zero-order chi connectivity index (χ0) is 14.4. The van der Waals surface area contributed by atoms with Gasteiger partial charge in [-0.3, -0.25) is 4.79 Å². The first kappa shape index (κ1) is 15.4. The smallest absolute Gasteiger partial charge is 0.225 e. The van der Waals surface area contributed by atoms with Crippen LogP contribution in [0.15, 0.2) is 18.2 Å². The molecule has 0 unspecified atom stereocenters. The fourth-order valence-electron chi connectivity index (χ4n) is 2.63. The van der Waals surface area contributed by atoms with Crippen molar-refractivity contribution in [3.05, 3.63) is 29.3 Å². The number of hydrogen-bond donors (Lipinski definition) is 1. The van der Waals surface area contributed by atoms with E-state index in [0.29, 0.717) is 6.42 Å². The molecular weight excluding hydrogens is 266 g/mol. The number of carbonyl (C=O) groups excluding carboxylic acids is 1. The van der Waals surface area contributed by atoms with Crippen LogP contribution in [0.1, 0.15) is 49.7 Å². The first-order chi connectivity index (χ1) is 9.65. The van der Waals surface area contributed by atoms with Gasteiger partial charge in [-0.2, -0.15) is 11.8 Å². The maximum absolute atomic E-state index is 12.0. The van der Waals surface area contributed by atoms with Gasteiger partial charge in [-0.1, -0.05) is 31.4 Å².